The van der Waals surface area contributed by atoms with E-state index in [4.69, 9.17) is 16.3 Å². The molecule has 1 aliphatic rings. The molecule has 0 bridgehead atoms. The van der Waals surface area contributed by atoms with Gasteiger partial charge in [-0.1, -0.05) is 6.07 Å². The molecule has 1 aliphatic heterocycles. The first-order valence-electron chi connectivity index (χ1n) is 6.79. The number of anilines is 2. The number of rotatable bonds is 2. The van der Waals surface area contributed by atoms with E-state index in [0.29, 0.717) is 18.7 Å². The van der Waals surface area contributed by atoms with Crippen molar-refractivity contribution in [3.05, 3.63) is 24.3 Å². The molecular weight excluding hydrogens is 292 g/mol. The number of ether oxygens (including phenoxy) is 1. The molecule has 1 heterocycles. The van der Waals surface area contributed by atoms with E-state index in [1.165, 1.54) is 0 Å². The van der Waals surface area contributed by atoms with Crippen LogP contribution in [-0.2, 0) is 9.53 Å². The zero-order valence-electron chi connectivity index (χ0n) is 12.4. The largest absolute Gasteiger partial charge is 0.444 e. The van der Waals surface area contributed by atoms with Crippen molar-refractivity contribution in [2.24, 2.45) is 0 Å². The van der Waals surface area contributed by atoms with Crippen molar-refractivity contribution in [1.82, 2.24) is 0 Å². The summed E-state index contributed by atoms with van der Waals surface area (Å²) < 4.78 is 5.19. The average Bonchev–Trinajstić information content (AvgIpc) is 2.66. The predicted molar refractivity (Wildman–Crippen MR) is 82.9 cm³/mol. The van der Waals surface area contributed by atoms with Crippen LogP contribution >= 0.6 is 11.6 Å². The summed E-state index contributed by atoms with van der Waals surface area (Å²) in [5, 5.41) is 2.49. The van der Waals surface area contributed by atoms with Crippen LogP contribution in [0.2, 0.25) is 0 Å². The Morgan fingerprint density at radius 3 is 2.71 bits per heavy atom. The molecule has 21 heavy (non-hydrogen) atoms. The van der Waals surface area contributed by atoms with Crippen molar-refractivity contribution in [2.75, 3.05) is 16.8 Å². The first-order chi connectivity index (χ1) is 9.74. The molecule has 1 saturated heterocycles. The van der Waals surface area contributed by atoms with Crippen molar-refractivity contribution in [3.63, 3.8) is 0 Å². The number of hydrogen-bond donors (Lipinski definition) is 1. The van der Waals surface area contributed by atoms with Crippen molar-refractivity contribution in [1.29, 1.82) is 0 Å². The Bertz CT molecular complexity index is 554. The number of carbonyl (C=O) groups is 2. The van der Waals surface area contributed by atoms with Crippen molar-refractivity contribution in [3.8, 4) is 0 Å². The summed E-state index contributed by atoms with van der Waals surface area (Å²) in [6.07, 6.45) is -0.187. The van der Waals surface area contributed by atoms with Crippen LogP contribution in [0.25, 0.3) is 0 Å². The summed E-state index contributed by atoms with van der Waals surface area (Å²) in [6, 6.07) is 7.06. The number of nitrogens with zero attached hydrogens (tertiary/aromatic N) is 1. The molecule has 2 rings (SSSR count). The highest BCUT2D eigenvalue weighted by atomic mass is 35.5. The number of benzene rings is 1. The van der Waals surface area contributed by atoms with E-state index in [2.05, 4.69) is 5.32 Å². The molecular formula is C15H19ClN2O3. The minimum atomic E-state index is -0.557. The number of halogens is 1. The third-order valence-corrected chi connectivity index (χ3v) is 3.17. The maximum atomic E-state index is 11.8. The zero-order chi connectivity index (χ0) is 15.6. The lowest BCUT2D eigenvalue weighted by atomic mass is 10.2. The molecule has 1 atom stereocenters. The van der Waals surface area contributed by atoms with Gasteiger partial charge in [-0.05, 0) is 39.0 Å². The number of carbonyl (C=O) groups excluding carboxylic acids is 2. The number of nitrogens with one attached hydrogen (secondary N) is 1. The lowest BCUT2D eigenvalue weighted by Gasteiger charge is -2.20. The smallest absolute Gasteiger partial charge is 0.412 e. The SMILES string of the molecule is CC(C)(C)OC(=O)Nc1cccc(N2CC(Cl)CC2=O)c1. The number of hydrogen-bond acceptors (Lipinski definition) is 3. The molecule has 2 amide bonds. The molecule has 114 valence electrons. The van der Waals surface area contributed by atoms with Gasteiger partial charge in [-0.2, -0.15) is 0 Å². The van der Waals surface area contributed by atoms with Crippen LogP contribution in [0.5, 0.6) is 0 Å². The fraction of sp³-hybridized carbons (Fsp3) is 0.467. The van der Waals surface area contributed by atoms with Gasteiger partial charge < -0.3 is 9.64 Å². The lowest BCUT2D eigenvalue weighted by molar-refractivity contribution is -0.117. The summed E-state index contributed by atoms with van der Waals surface area (Å²) in [5.74, 6) is -0.00980. The van der Waals surface area contributed by atoms with Crippen LogP contribution in [-0.4, -0.2) is 29.5 Å². The molecule has 0 radical (unpaired) electrons. The third-order valence-electron chi connectivity index (χ3n) is 2.88. The van der Waals surface area contributed by atoms with Gasteiger partial charge in [-0.25, -0.2) is 4.79 Å². The first kappa shape index (κ1) is 15.6. The van der Waals surface area contributed by atoms with Crippen LogP contribution in [0.1, 0.15) is 27.2 Å². The zero-order valence-corrected chi connectivity index (χ0v) is 13.1. The minimum absolute atomic E-state index is 0.00980. The Kier molecular flexibility index (Phi) is 4.42. The molecule has 6 heteroatoms. The molecule has 1 aromatic rings. The van der Waals surface area contributed by atoms with Crippen molar-refractivity contribution < 1.29 is 14.3 Å². The summed E-state index contributed by atoms with van der Waals surface area (Å²) in [6.45, 7) is 5.88. The highest BCUT2D eigenvalue weighted by Crippen LogP contribution is 2.26. The van der Waals surface area contributed by atoms with E-state index < -0.39 is 11.7 Å². The molecule has 1 fully saturated rings. The molecule has 1 aromatic carbocycles. The van der Waals surface area contributed by atoms with Crippen molar-refractivity contribution in [2.45, 2.75) is 38.2 Å². The summed E-state index contributed by atoms with van der Waals surface area (Å²) >= 11 is 6.00. The highest BCUT2D eigenvalue weighted by Gasteiger charge is 2.29. The van der Waals surface area contributed by atoms with Gasteiger partial charge in [0, 0.05) is 24.3 Å². The average molecular weight is 311 g/mol. The van der Waals surface area contributed by atoms with E-state index in [0.717, 1.165) is 5.69 Å². The maximum absolute atomic E-state index is 11.8. The van der Waals surface area contributed by atoms with Crippen LogP contribution in [0, 0.1) is 0 Å². The number of alkyl halides is 1. The molecule has 0 spiro atoms. The molecule has 5 nitrogen and oxygen atoms in total. The van der Waals surface area contributed by atoms with E-state index in [-0.39, 0.29) is 11.3 Å². The van der Waals surface area contributed by atoms with E-state index in [1.807, 2.05) is 6.07 Å². The normalized spacial score (nSPS) is 18.8. The van der Waals surface area contributed by atoms with E-state index >= 15 is 0 Å². The molecule has 0 aliphatic carbocycles. The van der Waals surface area contributed by atoms with Gasteiger partial charge in [-0.3, -0.25) is 10.1 Å². The lowest BCUT2D eigenvalue weighted by Crippen LogP contribution is -2.27. The van der Waals surface area contributed by atoms with Gasteiger partial charge in [0.25, 0.3) is 0 Å². The van der Waals surface area contributed by atoms with Crippen LogP contribution < -0.4 is 10.2 Å². The second kappa shape index (κ2) is 5.93. The van der Waals surface area contributed by atoms with Crippen LogP contribution in [0.15, 0.2) is 24.3 Å². The first-order valence-corrected chi connectivity index (χ1v) is 7.23. The van der Waals surface area contributed by atoms with Gasteiger partial charge in [0.15, 0.2) is 0 Å². The topological polar surface area (TPSA) is 58.6 Å². The Hall–Kier alpha value is -1.75. The molecule has 1 unspecified atom stereocenters. The molecule has 1 N–H and O–H groups in total. The Morgan fingerprint density at radius 1 is 1.43 bits per heavy atom. The Morgan fingerprint density at radius 2 is 2.14 bits per heavy atom. The number of amides is 2. The predicted octanol–water partition coefficient (Wildman–Crippen LogP) is 3.38. The second-order valence-electron chi connectivity index (χ2n) is 5.98. The fourth-order valence-electron chi connectivity index (χ4n) is 2.09. The van der Waals surface area contributed by atoms with Gasteiger partial charge in [0.05, 0.1) is 5.38 Å². The van der Waals surface area contributed by atoms with Gasteiger partial charge >= 0.3 is 6.09 Å². The van der Waals surface area contributed by atoms with Crippen LogP contribution in [0.3, 0.4) is 0 Å². The van der Waals surface area contributed by atoms with Gasteiger partial charge in [0.2, 0.25) is 5.91 Å². The van der Waals surface area contributed by atoms with Gasteiger partial charge in [0.1, 0.15) is 5.60 Å². The second-order valence-corrected chi connectivity index (χ2v) is 6.60. The van der Waals surface area contributed by atoms with Gasteiger partial charge in [-0.15, -0.1) is 11.6 Å². The van der Waals surface area contributed by atoms with Crippen molar-refractivity contribution >= 4 is 35.0 Å². The summed E-state index contributed by atoms with van der Waals surface area (Å²) in [5.41, 5.74) is 0.739. The minimum Gasteiger partial charge on any atom is -0.444 e. The molecule has 0 saturated carbocycles. The Balaban J connectivity index is 2.08. The summed E-state index contributed by atoms with van der Waals surface area (Å²) in [7, 11) is 0. The quantitative estimate of drug-likeness (QED) is 0.852. The van der Waals surface area contributed by atoms with E-state index in [9.17, 15) is 9.59 Å². The summed E-state index contributed by atoms with van der Waals surface area (Å²) in [4.78, 5) is 25.2. The third kappa shape index (κ3) is 4.36. The highest BCUT2D eigenvalue weighted by molar-refractivity contribution is 6.24. The maximum Gasteiger partial charge on any atom is 0.412 e. The monoisotopic (exact) mass is 310 g/mol. The van der Waals surface area contributed by atoms with Crippen LogP contribution in [0.4, 0.5) is 16.2 Å². The fourth-order valence-corrected chi connectivity index (χ4v) is 2.36. The standard InChI is InChI=1S/C15H19ClN2O3/c1-15(2,3)21-14(20)17-11-5-4-6-12(8-11)18-9-10(16)7-13(18)19/h4-6,8,10H,7,9H2,1-3H3,(H,17,20). The van der Waals surface area contributed by atoms with E-state index in [1.54, 1.807) is 43.9 Å². The Labute approximate surface area is 129 Å². The molecule has 0 aromatic heterocycles.